The second-order valence-electron chi connectivity index (χ2n) is 6.43. The van der Waals surface area contributed by atoms with Crippen LogP contribution in [0.2, 0.25) is 0 Å². The van der Waals surface area contributed by atoms with Gasteiger partial charge in [-0.3, -0.25) is 4.79 Å². The van der Waals surface area contributed by atoms with Crippen molar-refractivity contribution < 1.29 is 13.2 Å². The number of sulfone groups is 1. The maximum Gasteiger partial charge on any atom is 0.231 e. The van der Waals surface area contributed by atoms with Crippen LogP contribution in [-0.2, 0) is 21.1 Å². The van der Waals surface area contributed by atoms with Gasteiger partial charge in [-0.15, -0.1) is 0 Å². The van der Waals surface area contributed by atoms with Gasteiger partial charge in [0.1, 0.15) is 0 Å². The zero-order valence-corrected chi connectivity index (χ0v) is 16.0. The van der Waals surface area contributed by atoms with Gasteiger partial charge in [-0.1, -0.05) is 45.0 Å². The van der Waals surface area contributed by atoms with Gasteiger partial charge in [-0.05, 0) is 41.3 Å². The molecule has 0 unspecified atom stereocenters. The lowest BCUT2D eigenvalue weighted by atomic mass is 10.0. The molecule has 0 atom stereocenters. The summed E-state index contributed by atoms with van der Waals surface area (Å²) < 4.78 is 23.7. The number of benzene rings is 2. The van der Waals surface area contributed by atoms with Crippen molar-refractivity contribution in [1.29, 1.82) is 0 Å². The van der Waals surface area contributed by atoms with Crippen LogP contribution >= 0.6 is 0 Å². The number of carbonyl (C=O) groups is 1. The van der Waals surface area contributed by atoms with Crippen LogP contribution in [0, 0.1) is 0 Å². The van der Waals surface area contributed by atoms with Crippen molar-refractivity contribution in [2.75, 3.05) is 17.7 Å². The standard InChI is InChI=1S/C20H25NO3S/c1-5-25(23,24)19-11-9-16(10-12-19)13-20(22)21(4)18-8-6-7-17(14-18)15(2)3/h6-12,14-15H,5,13H2,1-4H3. The Hall–Kier alpha value is -2.14. The fourth-order valence-electron chi connectivity index (χ4n) is 2.51. The lowest BCUT2D eigenvalue weighted by Crippen LogP contribution is -2.27. The average Bonchev–Trinajstić information content (AvgIpc) is 2.61. The maximum absolute atomic E-state index is 12.5. The second-order valence-corrected chi connectivity index (χ2v) is 8.70. The van der Waals surface area contributed by atoms with E-state index in [4.69, 9.17) is 0 Å². The van der Waals surface area contributed by atoms with Crippen LogP contribution < -0.4 is 4.90 Å². The molecule has 0 aliphatic rings. The van der Waals surface area contributed by atoms with E-state index in [1.165, 1.54) is 5.56 Å². The molecular weight excluding hydrogens is 334 g/mol. The molecule has 2 aromatic carbocycles. The highest BCUT2D eigenvalue weighted by Gasteiger charge is 2.15. The highest BCUT2D eigenvalue weighted by Crippen LogP contribution is 2.21. The van der Waals surface area contributed by atoms with Crippen LogP contribution in [0.1, 0.15) is 37.8 Å². The summed E-state index contributed by atoms with van der Waals surface area (Å²) in [5, 5.41) is 0. The molecule has 5 heteroatoms. The lowest BCUT2D eigenvalue weighted by Gasteiger charge is -2.19. The predicted molar refractivity (Wildman–Crippen MR) is 102 cm³/mol. The van der Waals surface area contributed by atoms with Crippen molar-refractivity contribution >= 4 is 21.4 Å². The second kappa shape index (κ2) is 7.83. The van der Waals surface area contributed by atoms with E-state index in [0.29, 0.717) is 10.8 Å². The first kappa shape index (κ1) is 19.2. The number of amides is 1. The Labute approximate surface area is 150 Å². The van der Waals surface area contributed by atoms with Crippen LogP contribution in [0.3, 0.4) is 0 Å². The van der Waals surface area contributed by atoms with E-state index in [9.17, 15) is 13.2 Å². The lowest BCUT2D eigenvalue weighted by molar-refractivity contribution is -0.117. The Morgan fingerprint density at radius 1 is 1.08 bits per heavy atom. The third-order valence-corrected chi connectivity index (χ3v) is 6.07. The minimum atomic E-state index is -3.21. The fourth-order valence-corrected chi connectivity index (χ4v) is 3.40. The molecule has 2 aromatic rings. The van der Waals surface area contributed by atoms with E-state index < -0.39 is 9.84 Å². The third kappa shape index (κ3) is 4.69. The molecule has 4 nitrogen and oxygen atoms in total. The van der Waals surface area contributed by atoms with Crippen LogP contribution in [0.4, 0.5) is 5.69 Å². The summed E-state index contributed by atoms with van der Waals surface area (Å²) in [5.41, 5.74) is 2.85. The minimum Gasteiger partial charge on any atom is -0.315 e. The highest BCUT2D eigenvalue weighted by molar-refractivity contribution is 7.91. The molecule has 2 rings (SSSR count). The summed E-state index contributed by atoms with van der Waals surface area (Å²) in [4.78, 5) is 14.5. The van der Waals surface area contributed by atoms with Crippen molar-refractivity contribution in [3.05, 3.63) is 59.7 Å². The first-order valence-electron chi connectivity index (χ1n) is 8.43. The Morgan fingerprint density at radius 3 is 2.28 bits per heavy atom. The van der Waals surface area contributed by atoms with Gasteiger partial charge in [-0.2, -0.15) is 0 Å². The van der Waals surface area contributed by atoms with Crippen LogP contribution in [0.5, 0.6) is 0 Å². The van der Waals surface area contributed by atoms with Gasteiger partial charge in [0.25, 0.3) is 0 Å². The average molecular weight is 359 g/mol. The van der Waals surface area contributed by atoms with Crippen molar-refractivity contribution in [2.24, 2.45) is 0 Å². The van der Waals surface area contributed by atoms with Gasteiger partial charge in [0.2, 0.25) is 5.91 Å². The number of hydrogen-bond donors (Lipinski definition) is 0. The van der Waals surface area contributed by atoms with Crippen LogP contribution in [0.15, 0.2) is 53.4 Å². The first-order valence-corrected chi connectivity index (χ1v) is 10.1. The van der Waals surface area contributed by atoms with E-state index in [2.05, 4.69) is 19.9 Å². The molecule has 0 aliphatic heterocycles. The molecule has 1 amide bonds. The number of hydrogen-bond acceptors (Lipinski definition) is 3. The fraction of sp³-hybridized carbons (Fsp3) is 0.350. The Morgan fingerprint density at radius 2 is 1.72 bits per heavy atom. The van der Waals surface area contributed by atoms with E-state index >= 15 is 0 Å². The Bertz CT molecular complexity index is 839. The molecule has 0 saturated carbocycles. The minimum absolute atomic E-state index is 0.0352. The number of rotatable bonds is 6. The molecule has 0 saturated heterocycles. The highest BCUT2D eigenvalue weighted by atomic mass is 32.2. The number of nitrogens with zero attached hydrogens (tertiary/aromatic N) is 1. The van der Waals surface area contributed by atoms with Gasteiger partial charge < -0.3 is 4.90 Å². The SMILES string of the molecule is CCS(=O)(=O)c1ccc(CC(=O)N(C)c2cccc(C(C)C)c2)cc1. The zero-order valence-electron chi connectivity index (χ0n) is 15.2. The molecule has 0 radical (unpaired) electrons. The zero-order chi connectivity index (χ0) is 18.6. The van der Waals surface area contributed by atoms with Gasteiger partial charge in [0.05, 0.1) is 17.1 Å². The molecule has 0 bridgehead atoms. The van der Waals surface area contributed by atoms with E-state index in [1.807, 2.05) is 18.2 Å². The molecule has 0 N–H and O–H groups in total. The number of carbonyl (C=O) groups excluding carboxylic acids is 1. The van der Waals surface area contributed by atoms with Gasteiger partial charge in [0, 0.05) is 12.7 Å². The van der Waals surface area contributed by atoms with Crippen molar-refractivity contribution in [3.8, 4) is 0 Å². The summed E-state index contributed by atoms with van der Waals surface area (Å²) in [6, 6.07) is 14.5. The first-order chi connectivity index (χ1) is 11.7. The quantitative estimate of drug-likeness (QED) is 0.788. The molecular formula is C20H25NO3S. The largest absolute Gasteiger partial charge is 0.315 e. The van der Waals surface area contributed by atoms with E-state index in [0.717, 1.165) is 11.3 Å². The number of anilines is 1. The summed E-state index contributed by atoms with van der Waals surface area (Å²) in [5.74, 6) is 0.434. The van der Waals surface area contributed by atoms with Crippen molar-refractivity contribution in [1.82, 2.24) is 0 Å². The van der Waals surface area contributed by atoms with Crippen molar-refractivity contribution in [2.45, 2.75) is 38.0 Å². The normalized spacial score (nSPS) is 11.6. The third-order valence-electron chi connectivity index (χ3n) is 4.32. The predicted octanol–water partition coefficient (Wildman–Crippen LogP) is 3.81. The number of likely N-dealkylation sites (N-methyl/N-ethyl adjacent to an activating group) is 1. The van der Waals surface area contributed by atoms with Crippen LogP contribution in [0.25, 0.3) is 0 Å². The summed E-state index contributed by atoms with van der Waals surface area (Å²) in [6.45, 7) is 5.85. The topological polar surface area (TPSA) is 54.5 Å². The molecule has 0 spiro atoms. The van der Waals surface area contributed by atoms with Crippen LogP contribution in [-0.4, -0.2) is 27.1 Å². The molecule has 0 aliphatic carbocycles. The van der Waals surface area contributed by atoms with Gasteiger partial charge >= 0.3 is 0 Å². The Balaban J connectivity index is 2.12. The molecule has 0 aromatic heterocycles. The Kier molecular flexibility index (Phi) is 6.01. The van der Waals surface area contributed by atoms with Gasteiger partial charge in [0.15, 0.2) is 9.84 Å². The smallest absolute Gasteiger partial charge is 0.231 e. The van der Waals surface area contributed by atoms with Crippen molar-refractivity contribution in [3.63, 3.8) is 0 Å². The maximum atomic E-state index is 12.5. The summed E-state index contributed by atoms with van der Waals surface area (Å²) in [6.07, 6.45) is 0.231. The monoisotopic (exact) mass is 359 g/mol. The molecule has 0 fully saturated rings. The summed E-state index contributed by atoms with van der Waals surface area (Å²) in [7, 11) is -1.45. The van der Waals surface area contributed by atoms with E-state index in [-0.39, 0.29) is 18.1 Å². The summed E-state index contributed by atoms with van der Waals surface area (Å²) >= 11 is 0. The van der Waals surface area contributed by atoms with Gasteiger partial charge in [-0.25, -0.2) is 8.42 Å². The van der Waals surface area contributed by atoms with E-state index in [1.54, 1.807) is 43.1 Å². The molecule has 0 heterocycles. The molecule has 134 valence electrons. The molecule has 25 heavy (non-hydrogen) atoms.